The fraction of sp³-hybridized carbons (Fsp3) is 0.136. The Kier molecular flexibility index (Phi) is 5.64. The van der Waals surface area contributed by atoms with Crippen molar-refractivity contribution in [3.8, 4) is 0 Å². The van der Waals surface area contributed by atoms with Gasteiger partial charge in [-0.3, -0.25) is 14.2 Å². The van der Waals surface area contributed by atoms with Crippen LogP contribution >= 0.6 is 34.5 Å². The molecule has 0 fully saturated rings. The summed E-state index contributed by atoms with van der Waals surface area (Å²) in [4.78, 5) is 31.3. The molecular weight excluding hydrogens is 441 g/mol. The third kappa shape index (κ3) is 3.86. The van der Waals surface area contributed by atoms with E-state index in [0.29, 0.717) is 42.9 Å². The van der Waals surface area contributed by atoms with Crippen LogP contribution in [0.5, 0.6) is 0 Å². The van der Waals surface area contributed by atoms with Crippen LogP contribution in [0.3, 0.4) is 0 Å². The summed E-state index contributed by atoms with van der Waals surface area (Å²) in [5.74, 6) is -0.299. The van der Waals surface area contributed by atoms with Crippen molar-refractivity contribution in [3.05, 3.63) is 90.8 Å². The molecule has 30 heavy (non-hydrogen) atoms. The Bertz CT molecular complexity index is 1340. The van der Waals surface area contributed by atoms with Crippen LogP contribution in [0.2, 0.25) is 10.0 Å². The second-order valence-electron chi connectivity index (χ2n) is 6.92. The summed E-state index contributed by atoms with van der Waals surface area (Å²) in [5.41, 5.74) is 2.75. The molecule has 0 spiro atoms. The SMILES string of the molecule is Cc1ccc(NC(=O)c2sc3ncn(Cc4ccccc4Cl)c(=O)c3c2C)cc1Cl. The second-order valence-corrected chi connectivity index (χ2v) is 8.74. The highest BCUT2D eigenvalue weighted by Gasteiger charge is 2.20. The van der Waals surface area contributed by atoms with Crippen molar-refractivity contribution in [2.45, 2.75) is 20.4 Å². The number of rotatable bonds is 4. The predicted molar refractivity (Wildman–Crippen MR) is 123 cm³/mol. The zero-order valence-electron chi connectivity index (χ0n) is 16.2. The lowest BCUT2D eigenvalue weighted by atomic mass is 10.2. The quantitative estimate of drug-likeness (QED) is 0.428. The molecule has 0 aliphatic rings. The number of carbonyl (C=O) groups is 1. The normalized spacial score (nSPS) is 11.1. The Labute approximate surface area is 186 Å². The molecule has 5 nitrogen and oxygen atoms in total. The number of nitrogens with zero attached hydrogens (tertiary/aromatic N) is 2. The fourth-order valence-electron chi connectivity index (χ4n) is 3.16. The number of amides is 1. The summed E-state index contributed by atoms with van der Waals surface area (Å²) in [6.07, 6.45) is 1.49. The summed E-state index contributed by atoms with van der Waals surface area (Å²) in [5, 5.41) is 4.45. The van der Waals surface area contributed by atoms with Gasteiger partial charge >= 0.3 is 0 Å². The molecule has 0 atom stereocenters. The summed E-state index contributed by atoms with van der Waals surface area (Å²) in [6, 6.07) is 12.7. The Morgan fingerprint density at radius 3 is 2.63 bits per heavy atom. The number of thiophene rings is 1. The number of hydrogen-bond acceptors (Lipinski definition) is 4. The monoisotopic (exact) mass is 457 g/mol. The maximum absolute atomic E-state index is 13.1. The van der Waals surface area contributed by atoms with E-state index in [2.05, 4.69) is 10.3 Å². The van der Waals surface area contributed by atoms with Gasteiger partial charge in [0.1, 0.15) is 4.83 Å². The van der Waals surface area contributed by atoms with Crippen molar-refractivity contribution in [3.63, 3.8) is 0 Å². The van der Waals surface area contributed by atoms with E-state index in [9.17, 15) is 9.59 Å². The molecule has 2 heterocycles. The molecule has 0 saturated carbocycles. The molecule has 4 aromatic rings. The number of benzene rings is 2. The van der Waals surface area contributed by atoms with Gasteiger partial charge < -0.3 is 5.32 Å². The third-order valence-corrected chi connectivity index (χ3v) is 6.83. The van der Waals surface area contributed by atoms with Gasteiger partial charge in [0.2, 0.25) is 0 Å². The molecule has 2 aromatic carbocycles. The van der Waals surface area contributed by atoms with Gasteiger partial charge in [0, 0.05) is 15.7 Å². The summed E-state index contributed by atoms with van der Waals surface area (Å²) < 4.78 is 1.50. The molecule has 2 aromatic heterocycles. The summed E-state index contributed by atoms with van der Waals surface area (Å²) in [7, 11) is 0. The van der Waals surface area contributed by atoms with Gasteiger partial charge in [-0.15, -0.1) is 11.3 Å². The number of hydrogen-bond donors (Lipinski definition) is 1. The molecule has 1 amide bonds. The number of anilines is 1. The van der Waals surface area contributed by atoms with Crippen molar-refractivity contribution in [1.82, 2.24) is 9.55 Å². The molecular formula is C22H17Cl2N3O2S. The first-order valence-corrected chi connectivity index (χ1v) is 10.7. The van der Waals surface area contributed by atoms with E-state index in [1.54, 1.807) is 25.1 Å². The Morgan fingerprint density at radius 2 is 1.90 bits per heavy atom. The van der Waals surface area contributed by atoms with E-state index in [4.69, 9.17) is 23.2 Å². The lowest BCUT2D eigenvalue weighted by Crippen LogP contribution is -2.21. The lowest BCUT2D eigenvalue weighted by Gasteiger charge is -2.07. The molecule has 0 radical (unpaired) electrons. The van der Waals surface area contributed by atoms with Gasteiger partial charge in [-0.25, -0.2) is 4.98 Å². The first-order chi connectivity index (χ1) is 14.3. The third-order valence-electron chi connectivity index (χ3n) is 4.85. The van der Waals surface area contributed by atoms with E-state index in [-0.39, 0.29) is 11.5 Å². The largest absolute Gasteiger partial charge is 0.321 e. The molecule has 8 heteroatoms. The Balaban J connectivity index is 1.69. The molecule has 0 saturated heterocycles. The highest BCUT2D eigenvalue weighted by molar-refractivity contribution is 7.20. The smallest absolute Gasteiger partial charge is 0.266 e. The molecule has 0 aliphatic carbocycles. The summed E-state index contributed by atoms with van der Waals surface area (Å²) >= 11 is 13.6. The Hall–Kier alpha value is -2.67. The van der Waals surface area contributed by atoms with Crippen LogP contribution in [0.15, 0.2) is 53.6 Å². The molecule has 0 bridgehead atoms. The number of carbonyl (C=O) groups excluding carboxylic acids is 1. The molecule has 4 rings (SSSR count). The number of nitrogens with one attached hydrogen (secondary N) is 1. The molecule has 0 unspecified atom stereocenters. The molecule has 0 aliphatic heterocycles. The van der Waals surface area contributed by atoms with E-state index in [1.807, 2.05) is 31.2 Å². The Morgan fingerprint density at radius 1 is 1.13 bits per heavy atom. The van der Waals surface area contributed by atoms with Gasteiger partial charge in [0.05, 0.1) is 23.1 Å². The number of halogens is 2. The van der Waals surface area contributed by atoms with Crippen LogP contribution in [0.4, 0.5) is 5.69 Å². The van der Waals surface area contributed by atoms with Gasteiger partial charge in [0.25, 0.3) is 11.5 Å². The predicted octanol–water partition coefficient (Wildman–Crippen LogP) is 5.68. The average molecular weight is 458 g/mol. The minimum atomic E-state index is -0.299. The standard InChI is InChI=1S/C22H17Cl2N3O2S/c1-12-7-8-15(9-17(12)24)26-20(28)19-13(2)18-21(30-19)25-11-27(22(18)29)10-14-5-3-4-6-16(14)23/h3-9,11H,10H2,1-2H3,(H,26,28). The van der Waals surface area contributed by atoms with Gasteiger partial charge in [-0.1, -0.05) is 47.5 Å². The van der Waals surface area contributed by atoms with Crippen molar-refractivity contribution in [1.29, 1.82) is 0 Å². The van der Waals surface area contributed by atoms with Crippen molar-refractivity contribution >= 4 is 56.3 Å². The number of fused-ring (bicyclic) bond motifs is 1. The summed E-state index contributed by atoms with van der Waals surface area (Å²) in [6.45, 7) is 3.96. The van der Waals surface area contributed by atoms with Gasteiger partial charge in [0.15, 0.2) is 0 Å². The van der Waals surface area contributed by atoms with Gasteiger partial charge in [-0.2, -0.15) is 0 Å². The number of aromatic nitrogens is 2. The maximum Gasteiger partial charge on any atom is 0.266 e. The minimum Gasteiger partial charge on any atom is -0.321 e. The highest BCUT2D eigenvalue weighted by atomic mass is 35.5. The van der Waals surface area contributed by atoms with Gasteiger partial charge in [-0.05, 0) is 48.7 Å². The topological polar surface area (TPSA) is 64.0 Å². The van der Waals surface area contributed by atoms with Crippen molar-refractivity contribution < 1.29 is 4.79 Å². The van der Waals surface area contributed by atoms with Crippen LogP contribution < -0.4 is 10.9 Å². The first-order valence-electron chi connectivity index (χ1n) is 9.14. The van der Waals surface area contributed by atoms with Crippen molar-refractivity contribution in [2.24, 2.45) is 0 Å². The van der Waals surface area contributed by atoms with Crippen LogP contribution in [0, 0.1) is 13.8 Å². The fourth-order valence-corrected chi connectivity index (χ4v) is 4.57. The maximum atomic E-state index is 13.1. The zero-order chi connectivity index (χ0) is 21.4. The molecule has 1 N–H and O–H groups in total. The van der Waals surface area contributed by atoms with Crippen LogP contribution in [0.1, 0.15) is 26.4 Å². The van der Waals surface area contributed by atoms with Crippen LogP contribution in [-0.2, 0) is 6.54 Å². The van der Waals surface area contributed by atoms with E-state index in [1.165, 1.54) is 22.2 Å². The van der Waals surface area contributed by atoms with Crippen LogP contribution in [0.25, 0.3) is 10.2 Å². The number of aryl methyl sites for hydroxylation is 2. The average Bonchev–Trinajstić information content (AvgIpc) is 3.06. The molecule has 152 valence electrons. The van der Waals surface area contributed by atoms with E-state index < -0.39 is 0 Å². The zero-order valence-corrected chi connectivity index (χ0v) is 18.5. The first kappa shape index (κ1) is 20.6. The second kappa shape index (κ2) is 8.22. The lowest BCUT2D eigenvalue weighted by molar-refractivity contribution is 0.103. The van der Waals surface area contributed by atoms with E-state index in [0.717, 1.165) is 11.1 Å². The minimum absolute atomic E-state index is 0.203. The van der Waals surface area contributed by atoms with E-state index >= 15 is 0 Å². The highest BCUT2D eigenvalue weighted by Crippen LogP contribution is 2.28. The van der Waals surface area contributed by atoms with Crippen molar-refractivity contribution in [2.75, 3.05) is 5.32 Å². The van der Waals surface area contributed by atoms with Crippen LogP contribution in [-0.4, -0.2) is 15.5 Å².